The molecule has 8 heteroatoms. The largest absolute Gasteiger partial charge is 0.490 e. The summed E-state index contributed by atoms with van der Waals surface area (Å²) in [5.74, 6) is -1.26. The van der Waals surface area contributed by atoms with Crippen molar-refractivity contribution in [1.29, 1.82) is 0 Å². The fourth-order valence-electron chi connectivity index (χ4n) is 0.859. The molecular formula is C7H11BF5O2-. The van der Waals surface area contributed by atoms with Gasteiger partial charge in [-0.3, -0.25) is 4.79 Å². The zero-order chi connectivity index (χ0) is 12.3. The third-order valence-corrected chi connectivity index (χ3v) is 2.08. The molecule has 0 fully saturated rings. The lowest BCUT2D eigenvalue weighted by atomic mass is 9.57. The van der Waals surface area contributed by atoms with Gasteiger partial charge in [-0.15, -0.1) is 0 Å². The molecule has 0 radical (unpaired) electrons. The van der Waals surface area contributed by atoms with Crippen molar-refractivity contribution in [2.75, 3.05) is 6.61 Å². The molecule has 0 aromatic carbocycles. The van der Waals surface area contributed by atoms with E-state index in [1.165, 1.54) is 6.92 Å². The fraction of sp³-hybridized carbons (Fsp3) is 0.857. The Morgan fingerprint density at radius 1 is 1.40 bits per heavy atom. The monoisotopic (exact) mass is 233 g/mol. The third-order valence-electron chi connectivity index (χ3n) is 2.08. The Kier molecular flexibility index (Phi) is 4.54. The first-order chi connectivity index (χ1) is 6.65. The zero-order valence-electron chi connectivity index (χ0n) is 8.28. The van der Waals surface area contributed by atoms with Crippen LogP contribution in [0, 0.1) is 0 Å². The molecule has 0 saturated heterocycles. The second-order valence-corrected chi connectivity index (χ2v) is 3.36. The van der Waals surface area contributed by atoms with E-state index in [0.29, 0.717) is 6.92 Å². The van der Waals surface area contributed by atoms with E-state index in [-0.39, 0.29) is 6.61 Å². The van der Waals surface area contributed by atoms with Crippen LogP contribution in [-0.4, -0.2) is 26.0 Å². The number of hydrogen-bond donors (Lipinski definition) is 0. The topological polar surface area (TPSA) is 26.3 Å². The third kappa shape index (κ3) is 3.35. The molecule has 15 heavy (non-hydrogen) atoms. The SMILES string of the molecule is CCOC(=O)CC(C)(C(F)F)[B-](F)(F)F. The van der Waals surface area contributed by atoms with Crippen LogP contribution in [0.5, 0.6) is 0 Å². The first-order valence-corrected chi connectivity index (χ1v) is 4.28. The molecule has 0 N–H and O–H groups in total. The standard InChI is InChI=1S/C7H11BF5O2/c1-3-15-5(14)4-7(2,6(9)10)8(11,12)13/h6H,3-4H2,1-2H3/q-1. The summed E-state index contributed by atoms with van der Waals surface area (Å²) in [4.78, 5) is 10.8. The predicted octanol–water partition coefficient (Wildman–Crippen LogP) is 2.81. The quantitative estimate of drug-likeness (QED) is 0.414. The van der Waals surface area contributed by atoms with Crippen LogP contribution in [0.15, 0.2) is 0 Å². The first-order valence-electron chi connectivity index (χ1n) is 4.28. The summed E-state index contributed by atoms with van der Waals surface area (Å²) in [6, 6.07) is 0. The normalized spacial score (nSPS) is 16.3. The van der Waals surface area contributed by atoms with Gasteiger partial charge in [0, 0.05) is 11.7 Å². The predicted molar refractivity (Wildman–Crippen MR) is 44.7 cm³/mol. The molecule has 1 atom stereocenters. The molecule has 0 heterocycles. The highest BCUT2D eigenvalue weighted by atomic mass is 19.4. The molecule has 0 aromatic rings. The van der Waals surface area contributed by atoms with Gasteiger partial charge in [-0.1, -0.05) is 6.92 Å². The van der Waals surface area contributed by atoms with E-state index in [2.05, 4.69) is 4.74 Å². The molecule has 0 aromatic heterocycles. The van der Waals surface area contributed by atoms with Crippen molar-refractivity contribution < 1.29 is 31.3 Å². The number of carbonyl (C=O) groups is 1. The summed E-state index contributed by atoms with van der Waals surface area (Å²) in [6.45, 7) is -4.23. The van der Waals surface area contributed by atoms with Gasteiger partial charge >= 0.3 is 12.9 Å². The molecule has 0 spiro atoms. The van der Waals surface area contributed by atoms with Crippen molar-refractivity contribution in [2.24, 2.45) is 0 Å². The van der Waals surface area contributed by atoms with Crippen molar-refractivity contribution in [1.82, 2.24) is 0 Å². The summed E-state index contributed by atoms with van der Waals surface area (Å²) < 4.78 is 65.7. The van der Waals surface area contributed by atoms with Crippen molar-refractivity contribution in [3.8, 4) is 0 Å². The zero-order valence-corrected chi connectivity index (χ0v) is 8.28. The van der Waals surface area contributed by atoms with Gasteiger partial charge in [0.1, 0.15) is 0 Å². The molecule has 2 nitrogen and oxygen atoms in total. The van der Waals surface area contributed by atoms with Crippen molar-refractivity contribution in [2.45, 2.75) is 32.0 Å². The second kappa shape index (κ2) is 4.80. The lowest BCUT2D eigenvalue weighted by molar-refractivity contribution is -0.145. The minimum absolute atomic E-state index is 0.136. The van der Waals surface area contributed by atoms with Gasteiger partial charge in [0.25, 0.3) is 0 Å². The van der Waals surface area contributed by atoms with Gasteiger partial charge in [-0.2, -0.15) is 0 Å². The number of rotatable bonds is 5. The van der Waals surface area contributed by atoms with E-state index >= 15 is 0 Å². The van der Waals surface area contributed by atoms with Crippen LogP contribution in [0.3, 0.4) is 0 Å². The van der Waals surface area contributed by atoms with Gasteiger partial charge < -0.3 is 17.7 Å². The Morgan fingerprint density at radius 2 is 1.87 bits per heavy atom. The van der Waals surface area contributed by atoms with Crippen LogP contribution < -0.4 is 0 Å². The minimum Gasteiger partial charge on any atom is -0.466 e. The molecule has 0 amide bonds. The maximum atomic E-state index is 12.3. The van der Waals surface area contributed by atoms with Crippen molar-refractivity contribution >= 4 is 12.9 Å². The molecule has 1 unspecified atom stereocenters. The molecule has 90 valence electrons. The van der Waals surface area contributed by atoms with E-state index in [4.69, 9.17) is 0 Å². The van der Waals surface area contributed by atoms with E-state index in [9.17, 15) is 26.5 Å². The van der Waals surface area contributed by atoms with Crippen LogP contribution in [0.4, 0.5) is 21.7 Å². The molecule has 0 rings (SSSR count). The summed E-state index contributed by atoms with van der Waals surface area (Å²) in [5, 5.41) is -3.29. The average molecular weight is 233 g/mol. The Morgan fingerprint density at radius 3 is 2.13 bits per heavy atom. The lowest BCUT2D eigenvalue weighted by Crippen LogP contribution is -2.41. The van der Waals surface area contributed by atoms with Crippen LogP contribution in [0.25, 0.3) is 0 Å². The summed E-state index contributed by atoms with van der Waals surface area (Å²) in [6.07, 6.45) is -4.98. The van der Waals surface area contributed by atoms with Gasteiger partial charge in [-0.25, -0.2) is 8.78 Å². The number of esters is 1. The highest BCUT2D eigenvalue weighted by Crippen LogP contribution is 2.49. The second-order valence-electron chi connectivity index (χ2n) is 3.36. The minimum atomic E-state index is -5.81. The Labute approximate surface area is 83.8 Å². The number of hydrogen-bond acceptors (Lipinski definition) is 2. The summed E-state index contributed by atoms with van der Waals surface area (Å²) in [5.41, 5.74) is 0. The smallest absolute Gasteiger partial charge is 0.466 e. The molecule has 0 aliphatic carbocycles. The average Bonchev–Trinajstić information content (AvgIpc) is 2.01. The maximum absolute atomic E-state index is 12.3. The van der Waals surface area contributed by atoms with Gasteiger partial charge in [0.2, 0.25) is 6.43 Å². The van der Waals surface area contributed by atoms with Crippen LogP contribution in [0.1, 0.15) is 20.3 Å². The van der Waals surface area contributed by atoms with E-state index < -0.39 is 31.1 Å². The molecular weight excluding hydrogens is 222 g/mol. The van der Waals surface area contributed by atoms with E-state index in [1.807, 2.05) is 0 Å². The Balaban J connectivity index is 4.76. The van der Waals surface area contributed by atoms with Gasteiger partial charge in [0.05, 0.1) is 6.61 Å². The number of carbonyl (C=O) groups excluding carboxylic acids is 1. The Hall–Kier alpha value is -0.815. The molecule has 0 saturated carbocycles. The van der Waals surface area contributed by atoms with Crippen LogP contribution in [-0.2, 0) is 9.53 Å². The first kappa shape index (κ1) is 14.2. The molecule has 0 bridgehead atoms. The highest BCUT2D eigenvalue weighted by molar-refractivity contribution is 6.62. The van der Waals surface area contributed by atoms with Crippen molar-refractivity contribution in [3.05, 3.63) is 0 Å². The van der Waals surface area contributed by atoms with Crippen molar-refractivity contribution in [3.63, 3.8) is 0 Å². The van der Waals surface area contributed by atoms with Gasteiger partial charge in [0.15, 0.2) is 0 Å². The fourth-order valence-corrected chi connectivity index (χ4v) is 0.859. The number of alkyl halides is 2. The van der Waals surface area contributed by atoms with Gasteiger partial charge in [-0.05, 0) is 6.92 Å². The van der Waals surface area contributed by atoms with Crippen LogP contribution in [0.2, 0.25) is 5.31 Å². The van der Waals surface area contributed by atoms with Crippen LogP contribution >= 0.6 is 0 Å². The van der Waals surface area contributed by atoms with E-state index in [1.54, 1.807) is 0 Å². The summed E-state index contributed by atoms with van der Waals surface area (Å²) >= 11 is 0. The Bertz CT molecular complexity index is 230. The number of ether oxygens (including phenoxy) is 1. The highest BCUT2D eigenvalue weighted by Gasteiger charge is 2.53. The molecule has 0 aliphatic rings. The molecule has 0 aliphatic heterocycles. The maximum Gasteiger partial charge on any atom is 0.490 e. The lowest BCUT2D eigenvalue weighted by Gasteiger charge is -2.36. The number of halogens is 5. The summed E-state index contributed by atoms with van der Waals surface area (Å²) in [7, 11) is 0. The van der Waals surface area contributed by atoms with E-state index in [0.717, 1.165) is 0 Å².